The molecule has 0 saturated carbocycles. The molecular weight excluding hydrogens is 291 g/mol. The summed E-state index contributed by atoms with van der Waals surface area (Å²) in [4.78, 5) is 41.2. The van der Waals surface area contributed by atoms with Crippen LogP contribution >= 0.6 is 7.37 Å². The van der Waals surface area contributed by atoms with Crippen LogP contribution in [0.15, 0.2) is 0 Å². The first-order valence-corrected chi connectivity index (χ1v) is 8.14. The Bertz CT molecular complexity index is 405. The maximum Gasteiger partial charge on any atom is 0.307 e. The fraction of sp³-hybridized carbons (Fsp3) is 0.727. The molecule has 8 nitrogen and oxygen atoms in total. The van der Waals surface area contributed by atoms with Crippen molar-refractivity contribution in [3.63, 3.8) is 0 Å². The first kappa shape index (κ1) is 18.6. The Hall–Kier alpha value is -1.40. The van der Waals surface area contributed by atoms with E-state index < -0.39 is 37.4 Å². The van der Waals surface area contributed by atoms with Crippen LogP contribution in [0.3, 0.4) is 0 Å². The molecule has 0 bridgehead atoms. The van der Waals surface area contributed by atoms with E-state index in [4.69, 9.17) is 15.3 Å². The maximum atomic E-state index is 11.8. The third kappa shape index (κ3) is 9.52. The summed E-state index contributed by atoms with van der Waals surface area (Å²) >= 11 is 0. The van der Waals surface area contributed by atoms with Crippen LogP contribution in [0.25, 0.3) is 0 Å². The van der Waals surface area contributed by atoms with Crippen molar-refractivity contribution >= 4 is 25.3 Å². The van der Waals surface area contributed by atoms with E-state index in [1.807, 2.05) is 0 Å². The highest BCUT2D eigenvalue weighted by atomic mass is 31.2. The van der Waals surface area contributed by atoms with Crippen LogP contribution in [-0.2, 0) is 18.9 Å². The van der Waals surface area contributed by atoms with Gasteiger partial charge in [-0.1, -0.05) is 0 Å². The fourth-order valence-electron chi connectivity index (χ4n) is 1.66. The molecule has 0 heterocycles. The van der Waals surface area contributed by atoms with Crippen molar-refractivity contribution in [2.75, 3.05) is 12.3 Å². The number of hydrogen-bond acceptors (Lipinski definition) is 4. The predicted octanol–water partition coefficient (Wildman–Crippen LogP) is 1.08. The van der Waals surface area contributed by atoms with Crippen LogP contribution in [0.5, 0.6) is 0 Å². The first-order valence-electron chi connectivity index (χ1n) is 6.11. The third-order valence-corrected chi connectivity index (χ3v) is 4.74. The van der Waals surface area contributed by atoms with Crippen LogP contribution in [-0.4, -0.2) is 50.4 Å². The van der Waals surface area contributed by atoms with Crippen LogP contribution in [0.1, 0.15) is 32.1 Å². The zero-order valence-electron chi connectivity index (χ0n) is 10.9. The van der Waals surface area contributed by atoms with Crippen molar-refractivity contribution in [3.8, 4) is 0 Å². The van der Waals surface area contributed by atoms with E-state index >= 15 is 0 Å². The lowest BCUT2D eigenvalue weighted by atomic mass is 10.1. The van der Waals surface area contributed by atoms with Gasteiger partial charge < -0.3 is 20.2 Å². The topological polar surface area (TPSA) is 149 Å². The largest absolute Gasteiger partial charge is 0.481 e. The van der Waals surface area contributed by atoms with Gasteiger partial charge in [-0.25, -0.2) is 0 Å². The summed E-state index contributed by atoms with van der Waals surface area (Å²) in [5.41, 5.74) is 0. The van der Waals surface area contributed by atoms with Crippen molar-refractivity contribution in [1.82, 2.24) is 0 Å². The van der Waals surface area contributed by atoms with Crippen molar-refractivity contribution < 1.29 is 39.2 Å². The molecule has 0 aliphatic carbocycles. The van der Waals surface area contributed by atoms with Crippen molar-refractivity contribution in [3.05, 3.63) is 0 Å². The Morgan fingerprint density at radius 1 is 0.950 bits per heavy atom. The molecule has 116 valence electrons. The Kier molecular flexibility index (Phi) is 8.10. The van der Waals surface area contributed by atoms with E-state index in [1.54, 1.807) is 0 Å². The summed E-state index contributed by atoms with van der Waals surface area (Å²) in [6.45, 7) is 0. The van der Waals surface area contributed by atoms with Gasteiger partial charge in [0.1, 0.15) is 0 Å². The number of hydrogen-bond donors (Lipinski definition) is 4. The first-order chi connectivity index (χ1) is 9.14. The Morgan fingerprint density at radius 3 is 1.95 bits per heavy atom. The molecular formula is C11H19O8P. The quantitative estimate of drug-likeness (QED) is 0.327. The second kappa shape index (κ2) is 8.71. The molecule has 0 aliphatic heterocycles. The highest BCUT2D eigenvalue weighted by Gasteiger charge is 2.28. The van der Waals surface area contributed by atoms with E-state index in [2.05, 4.69) is 0 Å². The van der Waals surface area contributed by atoms with Gasteiger partial charge in [-0.15, -0.1) is 0 Å². The van der Waals surface area contributed by atoms with Crippen molar-refractivity contribution in [1.29, 1.82) is 0 Å². The van der Waals surface area contributed by atoms with Gasteiger partial charge in [-0.2, -0.15) is 0 Å². The second-order valence-electron chi connectivity index (χ2n) is 4.57. The molecule has 2 unspecified atom stereocenters. The highest BCUT2D eigenvalue weighted by molar-refractivity contribution is 7.58. The number of rotatable bonds is 11. The lowest BCUT2D eigenvalue weighted by Crippen LogP contribution is -2.20. The molecule has 0 aliphatic rings. The number of carboxylic acid groups (broad SMARTS) is 3. The lowest BCUT2D eigenvalue weighted by molar-refractivity contribution is -0.142. The average molecular weight is 310 g/mol. The molecule has 0 saturated heterocycles. The van der Waals surface area contributed by atoms with Gasteiger partial charge in [0, 0.05) is 25.2 Å². The van der Waals surface area contributed by atoms with Gasteiger partial charge in [0.25, 0.3) is 0 Å². The number of carbonyl (C=O) groups is 3. The second-order valence-corrected chi connectivity index (χ2v) is 7.08. The zero-order chi connectivity index (χ0) is 15.8. The molecule has 20 heavy (non-hydrogen) atoms. The van der Waals surface area contributed by atoms with Gasteiger partial charge in [0.15, 0.2) is 0 Å². The number of carboxylic acids is 3. The molecule has 0 spiro atoms. The molecule has 0 radical (unpaired) electrons. The van der Waals surface area contributed by atoms with Crippen LogP contribution in [0.4, 0.5) is 0 Å². The predicted molar refractivity (Wildman–Crippen MR) is 69.0 cm³/mol. The Balaban J connectivity index is 4.29. The summed E-state index contributed by atoms with van der Waals surface area (Å²) in [5, 5.41) is 25.8. The maximum absolute atomic E-state index is 11.8. The van der Waals surface area contributed by atoms with Gasteiger partial charge in [-0.3, -0.25) is 18.9 Å². The van der Waals surface area contributed by atoms with Gasteiger partial charge in [-0.05, 0) is 19.3 Å². The smallest absolute Gasteiger partial charge is 0.307 e. The minimum Gasteiger partial charge on any atom is -0.481 e. The molecule has 0 rings (SSSR count). The zero-order valence-corrected chi connectivity index (χ0v) is 11.8. The SMILES string of the molecule is O=C(O)CCCCP(=O)(O)CC(CCC(=O)O)C(=O)O. The molecule has 0 aromatic rings. The van der Waals surface area contributed by atoms with Crippen molar-refractivity contribution in [2.45, 2.75) is 32.1 Å². The summed E-state index contributed by atoms with van der Waals surface area (Å²) in [7, 11) is -3.69. The number of unbranched alkanes of at least 4 members (excludes halogenated alkanes) is 1. The highest BCUT2D eigenvalue weighted by Crippen LogP contribution is 2.44. The van der Waals surface area contributed by atoms with E-state index in [1.165, 1.54) is 0 Å². The molecule has 2 atom stereocenters. The molecule has 4 N–H and O–H groups in total. The lowest BCUT2D eigenvalue weighted by Gasteiger charge is -2.16. The molecule has 0 aromatic carbocycles. The van der Waals surface area contributed by atoms with Crippen LogP contribution in [0.2, 0.25) is 0 Å². The van der Waals surface area contributed by atoms with Gasteiger partial charge >= 0.3 is 17.9 Å². The van der Waals surface area contributed by atoms with Crippen molar-refractivity contribution in [2.24, 2.45) is 5.92 Å². The van der Waals surface area contributed by atoms with Crippen LogP contribution in [0, 0.1) is 5.92 Å². The van der Waals surface area contributed by atoms with E-state index in [-0.39, 0.29) is 38.3 Å². The normalized spacial score (nSPS) is 15.2. The Labute approximate surface area is 115 Å². The van der Waals surface area contributed by atoms with E-state index in [0.717, 1.165) is 0 Å². The fourth-order valence-corrected chi connectivity index (χ4v) is 3.59. The van der Waals surface area contributed by atoms with Crippen LogP contribution < -0.4 is 0 Å². The third-order valence-electron chi connectivity index (χ3n) is 2.71. The van der Waals surface area contributed by atoms with Gasteiger partial charge in [0.2, 0.25) is 7.37 Å². The molecule has 0 fully saturated rings. The monoisotopic (exact) mass is 310 g/mol. The summed E-state index contributed by atoms with van der Waals surface area (Å²) in [6, 6.07) is 0. The summed E-state index contributed by atoms with van der Waals surface area (Å²) in [6.07, 6.45) is -0.875. The summed E-state index contributed by atoms with van der Waals surface area (Å²) < 4.78 is 11.8. The average Bonchev–Trinajstić information content (AvgIpc) is 2.29. The molecule has 0 amide bonds. The minimum absolute atomic E-state index is 0.110. The minimum atomic E-state index is -3.69. The van der Waals surface area contributed by atoms with Gasteiger partial charge in [0.05, 0.1) is 5.92 Å². The van der Waals surface area contributed by atoms with E-state index in [0.29, 0.717) is 0 Å². The Morgan fingerprint density at radius 2 is 1.50 bits per heavy atom. The standard InChI is InChI=1S/C11H19O8P/c12-9(13)3-1-2-6-20(18,19)7-8(11(16)17)4-5-10(14)15/h8H,1-7H2,(H,12,13)(H,14,15)(H,16,17)(H,18,19). The number of aliphatic carboxylic acids is 3. The molecule has 9 heteroatoms. The van der Waals surface area contributed by atoms with E-state index in [9.17, 15) is 23.8 Å². The molecule has 0 aromatic heterocycles. The summed E-state index contributed by atoms with van der Waals surface area (Å²) in [5.74, 6) is -4.64.